The van der Waals surface area contributed by atoms with E-state index in [0.717, 1.165) is 0 Å². The molecule has 3 aromatic rings. The Morgan fingerprint density at radius 1 is 1.24 bits per heavy atom. The van der Waals surface area contributed by atoms with Gasteiger partial charge in [-0.1, -0.05) is 23.3 Å². The molecule has 0 aliphatic heterocycles. The highest BCUT2D eigenvalue weighted by atomic mass is 31.2. The number of carbonyl (C=O) groups excluding carboxylic acids is 1. The summed E-state index contributed by atoms with van der Waals surface area (Å²) in [6.45, 7) is 4.05. The zero-order valence-corrected chi connectivity index (χ0v) is 21.8. The zero-order valence-electron chi connectivity index (χ0n) is 21.0. The fourth-order valence-corrected chi connectivity index (χ4v) is 4.59. The van der Waals surface area contributed by atoms with Crippen molar-refractivity contribution in [2.75, 3.05) is 25.6 Å². The van der Waals surface area contributed by atoms with Crippen LogP contribution in [0.15, 0.2) is 41.5 Å². The van der Waals surface area contributed by atoms with Crippen molar-refractivity contribution in [1.82, 2.24) is 24.6 Å². The highest BCUT2D eigenvalue weighted by Gasteiger charge is 2.47. The van der Waals surface area contributed by atoms with E-state index in [1.807, 2.05) is 0 Å². The average Bonchev–Trinajstić information content (AvgIpc) is 3.27. The van der Waals surface area contributed by atoms with Crippen LogP contribution in [0.1, 0.15) is 20.8 Å². The summed E-state index contributed by atoms with van der Waals surface area (Å²) < 4.78 is 23.7. The number of esters is 1. The van der Waals surface area contributed by atoms with Crippen LogP contribution in [0.5, 0.6) is 5.75 Å². The van der Waals surface area contributed by atoms with Gasteiger partial charge in [0.15, 0.2) is 16.9 Å². The average molecular weight is 540 g/mol. The highest BCUT2D eigenvalue weighted by Crippen LogP contribution is 2.53. The first-order chi connectivity index (χ1) is 17.6. The zero-order chi connectivity index (χ0) is 27.0. The van der Waals surface area contributed by atoms with Crippen LogP contribution in [0.3, 0.4) is 0 Å². The lowest BCUT2D eigenvalue weighted by Crippen LogP contribution is -2.39. The summed E-state index contributed by atoms with van der Waals surface area (Å²) in [4.78, 5) is 46.5. The number of aromatic nitrogens is 4. The van der Waals surface area contributed by atoms with E-state index in [1.54, 1.807) is 51.2 Å². The largest absolute Gasteiger partial charge is 0.544 e. The molecule has 15 heteroatoms. The minimum atomic E-state index is -3.88. The number of fused-ring (bicyclic) bond motifs is 1. The van der Waals surface area contributed by atoms with Crippen LogP contribution in [-0.2, 0) is 25.5 Å². The Morgan fingerprint density at radius 2 is 1.97 bits per heavy atom. The van der Waals surface area contributed by atoms with Crippen molar-refractivity contribution in [3.8, 4) is 5.75 Å². The molecule has 0 amide bonds. The van der Waals surface area contributed by atoms with Crippen molar-refractivity contribution in [3.05, 3.63) is 47.0 Å². The molecule has 1 aromatic carbocycles. The van der Waals surface area contributed by atoms with Crippen LogP contribution in [0.25, 0.3) is 11.2 Å². The van der Waals surface area contributed by atoms with Gasteiger partial charge in [0.1, 0.15) is 25.5 Å². The SMILES string of the molecule is CNc1nc2c(ncn2COC(CO)CO[P+](O)(N[C@@H](C)C(=O)OC(C)C)Oc2ccccc2)c(=O)[nH]1. The third kappa shape index (κ3) is 7.92. The van der Waals surface area contributed by atoms with Crippen LogP contribution < -0.4 is 20.5 Å². The molecule has 3 atom stereocenters. The van der Waals surface area contributed by atoms with E-state index in [-0.39, 0.29) is 36.6 Å². The Labute approximate surface area is 213 Å². The molecule has 0 spiro atoms. The van der Waals surface area contributed by atoms with Gasteiger partial charge in [-0.2, -0.15) is 14.4 Å². The molecule has 0 aliphatic carbocycles. The summed E-state index contributed by atoms with van der Waals surface area (Å²) in [6, 6.07) is 7.48. The maximum Gasteiger partial charge on any atom is 0.544 e. The van der Waals surface area contributed by atoms with Gasteiger partial charge in [0.2, 0.25) is 5.95 Å². The van der Waals surface area contributed by atoms with E-state index < -0.39 is 38.4 Å². The summed E-state index contributed by atoms with van der Waals surface area (Å²) >= 11 is 0. The lowest BCUT2D eigenvalue weighted by Gasteiger charge is -2.23. The quantitative estimate of drug-likeness (QED) is 0.146. The summed E-state index contributed by atoms with van der Waals surface area (Å²) in [5.74, 6) is -0.0392. The molecular weight excluding hydrogens is 507 g/mol. The lowest BCUT2D eigenvalue weighted by molar-refractivity contribution is -0.149. The van der Waals surface area contributed by atoms with Gasteiger partial charge in [0, 0.05) is 7.05 Å². The second kappa shape index (κ2) is 12.9. The van der Waals surface area contributed by atoms with E-state index in [4.69, 9.17) is 18.5 Å². The van der Waals surface area contributed by atoms with Gasteiger partial charge in [-0.25, -0.2) is 4.98 Å². The van der Waals surface area contributed by atoms with Gasteiger partial charge >= 0.3 is 14.1 Å². The molecule has 5 N–H and O–H groups in total. The molecule has 0 bridgehead atoms. The Bertz CT molecular complexity index is 1220. The Balaban J connectivity index is 1.69. The second-order valence-corrected chi connectivity index (χ2v) is 9.95. The number of imidazole rings is 1. The second-order valence-electron chi connectivity index (χ2n) is 8.21. The first kappa shape index (κ1) is 28.4. The molecule has 2 unspecified atom stereocenters. The number of nitrogens with zero attached hydrogens (tertiary/aromatic N) is 3. The number of para-hydroxylation sites is 1. The van der Waals surface area contributed by atoms with E-state index in [0.29, 0.717) is 5.75 Å². The number of nitrogens with one attached hydrogen (secondary N) is 3. The molecule has 0 saturated heterocycles. The molecule has 2 aromatic heterocycles. The molecule has 37 heavy (non-hydrogen) atoms. The van der Waals surface area contributed by atoms with Gasteiger partial charge in [0.25, 0.3) is 5.56 Å². The molecule has 0 fully saturated rings. The molecule has 2 heterocycles. The number of hydrogen-bond acceptors (Lipinski definition) is 12. The van der Waals surface area contributed by atoms with Crippen molar-refractivity contribution < 1.29 is 33.3 Å². The lowest BCUT2D eigenvalue weighted by atomic mass is 10.3. The Hall–Kier alpha value is -3.13. The van der Waals surface area contributed by atoms with E-state index in [1.165, 1.54) is 17.8 Å². The first-order valence-electron chi connectivity index (χ1n) is 11.5. The summed E-state index contributed by atoms with van der Waals surface area (Å²) in [5, 5.41) is 15.3. The van der Waals surface area contributed by atoms with Crippen LogP contribution in [0.4, 0.5) is 5.95 Å². The Kier molecular flexibility index (Phi) is 9.92. The van der Waals surface area contributed by atoms with Crippen molar-refractivity contribution in [1.29, 1.82) is 0 Å². The van der Waals surface area contributed by atoms with Gasteiger partial charge in [-0.05, 0) is 32.9 Å². The number of benzene rings is 1. The number of carbonyl (C=O) groups is 1. The topological polar surface area (TPSA) is 182 Å². The van der Waals surface area contributed by atoms with Crippen LogP contribution in [-0.4, -0.2) is 74.0 Å². The molecule has 14 nitrogen and oxygen atoms in total. The minimum Gasteiger partial charge on any atom is -0.462 e. The normalized spacial score (nSPS) is 14.8. The van der Waals surface area contributed by atoms with Gasteiger partial charge in [0.05, 0.1) is 19.0 Å². The molecule has 202 valence electrons. The van der Waals surface area contributed by atoms with Crippen molar-refractivity contribution in [2.45, 2.75) is 45.8 Å². The molecule has 0 saturated carbocycles. The third-order valence-corrected chi connectivity index (χ3v) is 6.51. The van der Waals surface area contributed by atoms with Crippen LogP contribution in [0.2, 0.25) is 0 Å². The van der Waals surface area contributed by atoms with Gasteiger partial charge < -0.3 is 19.9 Å². The molecule has 0 aliphatic rings. The predicted octanol–water partition coefficient (Wildman–Crippen LogP) is 1.19. The molecular formula is C22H32N6O8P+. The number of aliphatic hydroxyl groups is 1. The number of aromatic amines is 1. The van der Waals surface area contributed by atoms with E-state index >= 15 is 0 Å². The monoisotopic (exact) mass is 539 g/mol. The smallest absolute Gasteiger partial charge is 0.462 e. The number of ether oxygens (including phenoxy) is 2. The predicted molar refractivity (Wildman–Crippen MR) is 136 cm³/mol. The van der Waals surface area contributed by atoms with Crippen molar-refractivity contribution in [2.24, 2.45) is 0 Å². The summed E-state index contributed by atoms with van der Waals surface area (Å²) in [7, 11) is -2.27. The highest BCUT2D eigenvalue weighted by molar-refractivity contribution is 7.58. The Morgan fingerprint density at radius 3 is 2.62 bits per heavy atom. The first-order valence-corrected chi connectivity index (χ1v) is 13.1. The standard InChI is InChI=1S/C22H31N6O8P/c1-14(2)35-21(31)15(3)27-37(32,36-16-8-6-5-7-9-16)34-11-17(10-29)33-13-28-12-24-18-19(28)25-22(23-4)26-20(18)30/h5-9,12,14-15,17,27,29,32H,10-11,13H2,1-4H3,(H-,23,25,26,30)/p+1/t15-,17?,37?/m0/s1. The van der Waals surface area contributed by atoms with E-state index in [2.05, 4.69) is 25.4 Å². The van der Waals surface area contributed by atoms with Crippen molar-refractivity contribution >= 4 is 31.2 Å². The number of H-pyrrole nitrogens is 1. The van der Waals surface area contributed by atoms with Crippen molar-refractivity contribution in [3.63, 3.8) is 0 Å². The number of aliphatic hydroxyl groups excluding tert-OH is 1. The fraction of sp³-hybridized carbons (Fsp3) is 0.455. The summed E-state index contributed by atoms with van der Waals surface area (Å²) in [5.41, 5.74) is -0.0111. The number of rotatable bonds is 14. The third-order valence-electron chi connectivity index (χ3n) is 4.83. The number of anilines is 1. The fourth-order valence-electron chi connectivity index (χ4n) is 3.04. The van der Waals surface area contributed by atoms with Gasteiger partial charge in [-0.3, -0.25) is 23.7 Å². The molecule has 0 radical (unpaired) electrons. The maximum atomic E-state index is 12.3. The summed E-state index contributed by atoms with van der Waals surface area (Å²) in [6.07, 6.45) is 0.126. The minimum absolute atomic E-state index is 0.119. The number of hydrogen-bond donors (Lipinski definition) is 5. The van der Waals surface area contributed by atoms with Crippen LogP contribution >= 0.6 is 8.09 Å². The molecule has 3 rings (SSSR count). The maximum absolute atomic E-state index is 12.3. The van der Waals surface area contributed by atoms with Crippen LogP contribution in [0, 0.1) is 0 Å². The van der Waals surface area contributed by atoms with Gasteiger partial charge in [-0.15, -0.1) is 0 Å². The van der Waals surface area contributed by atoms with E-state index in [9.17, 15) is 19.6 Å².